The van der Waals surface area contributed by atoms with Crippen LogP contribution in [0.2, 0.25) is 0 Å². The molecule has 1 heterocycles. The van der Waals surface area contributed by atoms with Crippen LogP contribution in [0.1, 0.15) is 15.9 Å². The minimum absolute atomic E-state index is 0.230. The second-order valence-electron chi connectivity index (χ2n) is 5.10. The number of carbonyl (C=O) groups excluding carboxylic acids is 1. The molecule has 0 unspecified atom stereocenters. The van der Waals surface area contributed by atoms with E-state index in [1.807, 2.05) is 24.3 Å². The maximum absolute atomic E-state index is 12.3. The van der Waals surface area contributed by atoms with Gasteiger partial charge in [-0.15, -0.1) is 0 Å². The fourth-order valence-corrected chi connectivity index (χ4v) is 2.39. The summed E-state index contributed by atoms with van der Waals surface area (Å²) in [6, 6.07) is 12.4. The Morgan fingerprint density at radius 2 is 2.04 bits per heavy atom. The van der Waals surface area contributed by atoms with Crippen LogP contribution in [0.3, 0.4) is 0 Å². The summed E-state index contributed by atoms with van der Waals surface area (Å²) in [6.07, 6.45) is 0. The lowest BCUT2D eigenvalue weighted by molar-refractivity contribution is 0.0951. The summed E-state index contributed by atoms with van der Waals surface area (Å²) in [5.41, 5.74) is 2.39. The van der Waals surface area contributed by atoms with Gasteiger partial charge in [0.05, 0.1) is 12.6 Å². The molecule has 0 spiro atoms. The number of nitrogens with zero attached hydrogens (tertiary/aromatic N) is 1. The number of fused-ring (bicyclic) bond motifs is 1. The fourth-order valence-electron chi connectivity index (χ4n) is 2.39. The number of benzene rings is 2. The Balaban J connectivity index is 1.80. The van der Waals surface area contributed by atoms with Gasteiger partial charge in [0.15, 0.2) is 5.58 Å². The van der Waals surface area contributed by atoms with E-state index in [1.54, 1.807) is 32.4 Å². The first kappa shape index (κ1) is 14.9. The minimum atomic E-state index is -0.452. The van der Waals surface area contributed by atoms with Gasteiger partial charge < -0.3 is 14.5 Å². The Kier molecular flexibility index (Phi) is 3.89. The number of rotatable bonds is 4. The molecule has 6 nitrogen and oxygen atoms in total. The van der Waals surface area contributed by atoms with Gasteiger partial charge in [-0.3, -0.25) is 9.36 Å². The fraction of sp³-hybridized carbons (Fsp3) is 0.176. The van der Waals surface area contributed by atoms with E-state index in [0.717, 1.165) is 11.3 Å². The van der Waals surface area contributed by atoms with E-state index in [9.17, 15) is 9.59 Å². The average molecular weight is 312 g/mol. The van der Waals surface area contributed by atoms with Gasteiger partial charge in [-0.2, -0.15) is 0 Å². The van der Waals surface area contributed by atoms with E-state index in [2.05, 4.69) is 5.32 Å². The summed E-state index contributed by atoms with van der Waals surface area (Å²) in [7, 11) is 3.19. The van der Waals surface area contributed by atoms with Crippen molar-refractivity contribution < 1.29 is 13.9 Å². The van der Waals surface area contributed by atoms with E-state index in [4.69, 9.17) is 9.15 Å². The smallest absolute Gasteiger partial charge is 0.419 e. The molecule has 1 N–H and O–H groups in total. The summed E-state index contributed by atoms with van der Waals surface area (Å²) in [6.45, 7) is 0.352. The van der Waals surface area contributed by atoms with Gasteiger partial charge in [0.25, 0.3) is 5.91 Å². The molecule has 0 aliphatic rings. The molecule has 1 aromatic heterocycles. The summed E-state index contributed by atoms with van der Waals surface area (Å²) >= 11 is 0. The van der Waals surface area contributed by atoms with Crippen molar-refractivity contribution in [2.45, 2.75) is 6.54 Å². The molecule has 3 aromatic rings. The van der Waals surface area contributed by atoms with Crippen LogP contribution in [-0.4, -0.2) is 17.6 Å². The summed E-state index contributed by atoms with van der Waals surface area (Å²) in [5.74, 6) is 0.0403. The lowest BCUT2D eigenvalue weighted by atomic mass is 10.1. The maximum atomic E-state index is 12.3. The molecular weight excluding hydrogens is 296 g/mol. The van der Waals surface area contributed by atoms with E-state index >= 15 is 0 Å². The minimum Gasteiger partial charge on any atom is -0.496 e. The number of para-hydroxylation sites is 1. The van der Waals surface area contributed by atoms with Crippen molar-refractivity contribution in [3.8, 4) is 5.75 Å². The first-order chi connectivity index (χ1) is 11.1. The number of aryl methyl sites for hydroxylation is 1. The molecule has 0 aliphatic heterocycles. The largest absolute Gasteiger partial charge is 0.496 e. The van der Waals surface area contributed by atoms with Crippen LogP contribution in [0.25, 0.3) is 11.1 Å². The van der Waals surface area contributed by atoms with Gasteiger partial charge in [0, 0.05) is 24.7 Å². The standard InChI is InChI=1S/C17H16N2O4/c1-19-13-9-11(7-8-15(13)23-17(19)21)16(20)18-10-12-5-3-4-6-14(12)22-2/h3-9H,10H2,1-2H3,(H,18,20). The van der Waals surface area contributed by atoms with Crippen molar-refractivity contribution in [1.82, 2.24) is 9.88 Å². The Bertz CT molecular complexity index is 924. The Morgan fingerprint density at radius 1 is 1.26 bits per heavy atom. The third-order valence-electron chi connectivity index (χ3n) is 3.69. The molecule has 118 valence electrons. The number of methoxy groups -OCH3 is 1. The summed E-state index contributed by atoms with van der Waals surface area (Å²) in [4.78, 5) is 23.8. The predicted molar refractivity (Wildman–Crippen MR) is 85.6 cm³/mol. The first-order valence-corrected chi connectivity index (χ1v) is 7.10. The van der Waals surface area contributed by atoms with Crippen molar-refractivity contribution in [3.63, 3.8) is 0 Å². The molecule has 0 saturated carbocycles. The molecule has 0 bridgehead atoms. The third-order valence-corrected chi connectivity index (χ3v) is 3.69. The number of nitrogens with one attached hydrogen (secondary N) is 1. The van der Waals surface area contributed by atoms with E-state index in [1.165, 1.54) is 4.57 Å². The van der Waals surface area contributed by atoms with Gasteiger partial charge in [-0.05, 0) is 24.3 Å². The molecular formula is C17H16N2O4. The normalized spacial score (nSPS) is 10.7. The van der Waals surface area contributed by atoms with Crippen molar-refractivity contribution >= 4 is 17.0 Å². The van der Waals surface area contributed by atoms with Crippen molar-refractivity contribution in [2.24, 2.45) is 7.05 Å². The number of ether oxygens (including phenoxy) is 1. The van der Waals surface area contributed by atoms with Crippen LogP contribution in [0.5, 0.6) is 5.75 Å². The molecule has 3 rings (SSSR count). The molecule has 23 heavy (non-hydrogen) atoms. The van der Waals surface area contributed by atoms with Gasteiger partial charge in [0.2, 0.25) is 0 Å². The topological polar surface area (TPSA) is 73.5 Å². The first-order valence-electron chi connectivity index (χ1n) is 7.10. The molecule has 0 fully saturated rings. The maximum Gasteiger partial charge on any atom is 0.419 e. The van der Waals surface area contributed by atoms with Crippen LogP contribution in [-0.2, 0) is 13.6 Å². The number of amides is 1. The molecule has 0 aliphatic carbocycles. The highest BCUT2D eigenvalue weighted by Gasteiger charge is 2.11. The molecule has 0 atom stereocenters. The Hall–Kier alpha value is -3.02. The second kappa shape index (κ2) is 6.00. The van der Waals surface area contributed by atoms with Crippen LogP contribution < -0.4 is 15.8 Å². The zero-order valence-corrected chi connectivity index (χ0v) is 12.8. The van der Waals surface area contributed by atoms with Crippen LogP contribution >= 0.6 is 0 Å². The number of hydrogen-bond acceptors (Lipinski definition) is 4. The van der Waals surface area contributed by atoms with Gasteiger partial charge in [0.1, 0.15) is 5.75 Å². The van der Waals surface area contributed by atoms with Crippen LogP contribution in [0.15, 0.2) is 51.7 Å². The average Bonchev–Trinajstić information content (AvgIpc) is 2.87. The van der Waals surface area contributed by atoms with Crippen molar-refractivity contribution in [3.05, 3.63) is 64.1 Å². The quantitative estimate of drug-likeness (QED) is 0.800. The third kappa shape index (κ3) is 2.83. The number of carbonyl (C=O) groups is 1. The predicted octanol–water partition coefficient (Wildman–Crippen LogP) is 2.07. The van der Waals surface area contributed by atoms with Crippen LogP contribution in [0.4, 0.5) is 0 Å². The number of oxazole rings is 1. The molecule has 1 amide bonds. The van der Waals surface area contributed by atoms with Crippen LogP contribution in [0, 0.1) is 0 Å². The Labute approximate surface area is 132 Å². The SMILES string of the molecule is COc1ccccc1CNC(=O)c1ccc2oc(=O)n(C)c2c1. The highest BCUT2D eigenvalue weighted by molar-refractivity contribution is 5.97. The number of hydrogen-bond donors (Lipinski definition) is 1. The lowest BCUT2D eigenvalue weighted by Gasteiger charge is -2.09. The molecule has 2 aromatic carbocycles. The van der Waals surface area contributed by atoms with E-state index in [0.29, 0.717) is 23.2 Å². The molecule has 0 saturated heterocycles. The summed E-state index contributed by atoms with van der Waals surface area (Å²) < 4.78 is 11.7. The highest BCUT2D eigenvalue weighted by atomic mass is 16.5. The lowest BCUT2D eigenvalue weighted by Crippen LogP contribution is -2.23. The highest BCUT2D eigenvalue weighted by Crippen LogP contribution is 2.18. The van der Waals surface area contributed by atoms with Gasteiger partial charge in [-0.1, -0.05) is 18.2 Å². The molecule has 0 radical (unpaired) electrons. The molecule has 6 heteroatoms. The van der Waals surface area contributed by atoms with E-state index < -0.39 is 5.76 Å². The van der Waals surface area contributed by atoms with E-state index in [-0.39, 0.29) is 5.91 Å². The van der Waals surface area contributed by atoms with Gasteiger partial charge in [-0.25, -0.2) is 4.79 Å². The van der Waals surface area contributed by atoms with Crippen molar-refractivity contribution in [2.75, 3.05) is 7.11 Å². The Morgan fingerprint density at radius 3 is 2.83 bits per heavy atom. The van der Waals surface area contributed by atoms with Crippen molar-refractivity contribution in [1.29, 1.82) is 0 Å². The van der Waals surface area contributed by atoms with Gasteiger partial charge >= 0.3 is 5.76 Å². The summed E-state index contributed by atoms with van der Waals surface area (Å²) in [5, 5.41) is 2.84. The second-order valence-corrected chi connectivity index (χ2v) is 5.10. The zero-order chi connectivity index (χ0) is 16.4. The zero-order valence-electron chi connectivity index (χ0n) is 12.8. The number of aromatic nitrogens is 1. The monoisotopic (exact) mass is 312 g/mol.